The van der Waals surface area contributed by atoms with Crippen LogP contribution in [0.15, 0.2) is 54.7 Å². The smallest absolute Gasteiger partial charge is 0.333 e. The summed E-state index contributed by atoms with van der Waals surface area (Å²) >= 11 is 5.88. The minimum absolute atomic E-state index is 0.279. The Morgan fingerprint density at radius 2 is 1.93 bits per heavy atom. The van der Waals surface area contributed by atoms with Gasteiger partial charge in [0.05, 0.1) is 5.52 Å². The third kappa shape index (κ3) is 5.18. The SMILES string of the molecule is CCOC(Cc1cnc2cc(OCc3ccc(Cl)cc3)ccc2c1)C(=O)O. The van der Waals surface area contributed by atoms with Gasteiger partial charge < -0.3 is 14.6 Å². The van der Waals surface area contributed by atoms with Gasteiger partial charge in [-0.3, -0.25) is 4.98 Å². The molecule has 0 aliphatic rings. The number of aromatic nitrogens is 1. The van der Waals surface area contributed by atoms with Gasteiger partial charge in [0.15, 0.2) is 6.10 Å². The third-order valence-corrected chi connectivity index (χ3v) is 4.35. The fourth-order valence-electron chi connectivity index (χ4n) is 2.73. The minimum atomic E-state index is -0.970. The fraction of sp³-hybridized carbons (Fsp3) is 0.238. The van der Waals surface area contributed by atoms with Crippen LogP contribution < -0.4 is 4.74 Å². The molecule has 2 aromatic carbocycles. The molecule has 1 heterocycles. The summed E-state index contributed by atoms with van der Waals surface area (Å²) in [7, 11) is 0. The van der Waals surface area contributed by atoms with Crippen molar-refractivity contribution in [2.75, 3.05) is 6.61 Å². The Labute approximate surface area is 162 Å². The van der Waals surface area contributed by atoms with E-state index in [1.807, 2.05) is 48.5 Å². The summed E-state index contributed by atoms with van der Waals surface area (Å²) in [4.78, 5) is 15.7. The molecular weight excluding hydrogens is 366 g/mol. The molecule has 0 radical (unpaired) electrons. The number of nitrogens with zero attached hydrogens (tertiary/aromatic N) is 1. The van der Waals surface area contributed by atoms with Crippen molar-refractivity contribution in [1.82, 2.24) is 4.98 Å². The van der Waals surface area contributed by atoms with E-state index in [4.69, 9.17) is 21.1 Å². The molecule has 1 atom stereocenters. The Morgan fingerprint density at radius 3 is 2.63 bits per heavy atom. The Hall–Kier alpha value is -2.63. The van der Waals surface area contributed by atoms with E-state index in [0.717, 1.165) is 27.8 Å². The highest BCUT2D eigenvalue weighted by Gasteiger charge is 2.18. The second kappa shape index (κ2) is 8.84. The quantitative estimate of drug-likeness (QED) is 0.618. The lowest BCUT2D eigenvalue weighted by atomic mass is 10.1. The van der Waals surface area contributed by atoms with Crippen molar-refractivity contribution < 1.29 is 19.4 Å². The fourth-order valence-corrected chi connectivity index (χ4v) is 2.85. The van der Waals surface area contributed by atoms with E-state index in [-0.39, 0.29) is 6.42 Å². The van der Waals surface area contributed by atoms with Crippen molar-refractivity contribution in [3.05, 3.63) is 70.9 Å². The number of carboxylic acid groups (broad SMARTS) is 1. The lowest BCUT2D eigenvalue weighted by Gasteiger charge is -2.13. The lowest BCUT2D eigenvalue weighted by Crippen LogP contribution is -2.26. The van der Waals surface area contributed by atoms with Crippen LogP contribution in [0.2, 0.25) is 5.02 Å². The van der Waals surface area contributed by atoms with Gasteiger partial charge in [0, 0.05) is 35.7 Å². The van der Waals surface area contributed by atoms with Crippen LogP contribution in [0.5, 0.6) is 5.75 Å². The number of rotatable bonds is 8. The molecule has 27 heavy (non-hydrogen) atoms. The van der Waals surface area contributed by atoms with Crippen LogP contribution in [0.1, 0.15) is 18.1 Å². The molecule has 0 amide bonds. The maximum atomic E-state index is 11.2. The molecule has 1 N–H and O–H groups in total. The summed E-state index contributed by atoms with van der Waals surface area (Å²) in [6, 6.07) is 15.1. The Morgan fingerprint density at radius 1 is 1.15 bits per heavy atom. The number of carbonyl (C=O) groups is 1. The predicted octanol–water partition coefficient (Wildman–Crippen LogP) is 4.50. The number of ether oxygens (including phenoxy) is 2. The number of carboxylic acids is 1. The molecule has 1 unspecified atom stereocenters. The van der Waals surface area contributed by atoms with Gasteiger partial charge >= 0.3 is 5.97 Å². The van der Waals surface area contributed by atoms with Crippen LogP contribution in [-0.4, -0.2) is 28.8 Å². The van der Waals surface area contributed by atoms with Crippen molar-refractivity contribution in [1.29, 1.82) is 0 Å². The Bertz CT molecular complexity index is 927. The maximum Gasteiger partial charge on any atom is 0.333 e. The van der Waals surface area contributed by atoms with Crippen LogP contribution in [0.25, 0.3) is 10.9 Å². The van der Waals surface area contributed by atoms with Gasteiger partial charge in [0.1, 0.15) is 12.4 Å². The van der Waals surface area contributed by atoms with Gasteiger partial charge in [-0.15, -0.1) is 0 Å². The number of benzene rings is 2. The number of hydrogen-bond acceptors (Lipinski definition) is 4. The zero-order valence-corrected chi connectivity index (χ0v) is 15.6. The van der Waals surface area contributed by atoms with Gasteiger partial charge in [0.25, 0.3) is 0 Å². The summed E-state index contributed by atoms with van der Waals surface area (Å²) in [5, 5.41) is 10.8. The van der Waals surface area contributed by atoms with Crippen molar-refractivity contribution in [2.45, 2.75) is 26.1 Å². The van der Waals surface area contributed by atoms with Crippen molar-refractivity contribution >= 4 is 28.5 Å². The molecular formula is C21H20ClNO4. The van der Waals surface area contributed by atoms with Crippen LogP contribution >= 0.6 is 11.6 Å². The topological polar surface area (TPSA) is 68.7 Å². The van der Waals surface area contributed by atoms with E-state index in [0.29, 0.717) is 18.2 Å². The van der Waals surface area contributed by atoms with E-state index >= 15 is 0 Å². The van der Waals surface area contributed by atoms with Crippen LogP contribution in [-0.2, 0) is 22.6 Å². The molecule has 0 aliphatic heterocycles. The Kier molecular flexibility index (Phi) is 6.27. The molecule has 0 aliphatic carbocycles. The zero-order valence-electron chi connectivity index (χ0n) is 14.9. The maximum absolute atomic E-state index is 11.2. The molecule has 3 aromatic rings. The van der Waals surface area contributed by atoms with Gasteiger partial charge in [-0.1, -0.05) is 23.7 Å². The minimum Gasteiger partial charge on any atom is -0.489 e. The van der Waals surface area contributed by atoms with E-state index in [9.17, 15) is 9.90 Å². The average Bonchev–Trinajstić information content (AvgIpc) is 2.67. The van der Waals surface area contributed by atoms with Crippen molar-refractivity contribution in [2.24, 2.45) is 0 Å². The molecule has 0 saturated carbocycles. The molecule has 5 nitrogen and oxygen atoms in total. The highest BCUT2D eigenvalue weighted by Crippen LogP contribution is 2.22. The number of halogens is 1. The second-order valence-electron chi connectivity index (χ2n) is 6.10. The standard InChI is InChI=1S/C21H20ClNO4/c1-2-26-20(21(24)25)10-15-9-16-5-8-18(11-19(16)23-12-15)27-13-14-3-6-17(22)7-4-14/h3-9,11-12,20H,2,10,13H2,1H3,(H,24,25). The summed E-state index contributed by atoms with van der Waals surface area (Å²) in [6.45, 7) is 2.57. The van der Waals surface area contributed by atoms with Gasteiger partial charge in [-0.2, -0.15) is 0 Å². The van der Waals surface area contributed by atoms with E-state index in [2.05, 4.69) is 4.98 Å². The number of fused-ring (bicyclic) bond motifs is 1. The molecule has 0 spiro atoms. The van der Waals surface area contributed by atoms with E-state index in [1.165, 1.54) is 0 Å². The van der Waals surface area contributed by atoms with Crippen LogP contribution in [0, 0.1) is 0 Å². The molecule has 0 bridgehead atoms. The normalized spacial score (nSPS) is 12.1. The first-order valence-electron chi connectivity index (χ1n) is 8.65. The van der Waals surface area contributed by atoms with Gasteiger partial charge in [-0.05, 0) is 48.4 Å². The first-order valence-corrected chi connectivity index (χ1v) is 9.03. The zero-order chi connectivity index (χ0) is 19.2. The Balaban J connectivity index is 1.70. The number of aliphatic carboxylic acids is 1. The van der Waals surface area contributed by atoms with Gasteiger partial charge in [-0.25, -0.2) is 4.79 Å². The summed E-state index contributed by atoms with van der Waals surface area (Å²) < 4.78 is 11.1. The van der Waals surface area contributed by atoms with Crippen LogP contribution in [0.4, 0.5) is 0 Å². The first kappa shape index (κ1) is 19.1. The van der Waals surface area contributed by atoms with Crippen molar-refractivity contribution in [3.63, 3.8) is 0 Å². The van der Waals surface area contributed by atoms with E-state index in [1.54, 1.807) is 13.1 Å². The second-order valence-corrected chi connectivity index (χ2v) is 6.54. The molecule has 0 fully saturated rings. The summed E-state index contributed by atoms with van der Waals surface area (Å²) in [5.74, 6) is -0.252. The first-order chi connectivity index (χ1) is 13.0. The van der Waals surface area contributed by atoms with Gasteiger partial charge in [0.2, 0.25) is 0 Å². The van der Waals surface area contributed by atoms with Crippen LogP contribution in [0.3, 0.4) is 0 Å². The van der Waals surface area contributed by atoms with Crippen molar-refractivity contribution in [3.8, 4) is 5.75 Å². The molecule has 0 saturated heterocycles. The largest absolute Gasteiger partial charge is 0.489 e. The lowest BCUT2D eigenvalue weighted by molar-refractivity contribution is -0.149. The summed E-state index contributed by atoms with van der Waals surface area (Å²) in [5.41, 5.74) is 2.63. The average molecular weight is 386 g/mol. The third-order valence-electron chi connectivity index (χ3n) is 4.10. The molecule has 6 heteroatoms. The molecule has 1 aromatic heterocycles. The number of hydrogen-bond donors (Lipinski definition) is 1. The molecule has 140 valence electrons. The summed E-state index contributed by atoms with van der Waals surface area (Å²) in [6.07, 6.45) is 1.09. The highest BCUT2D eigenvalue weighted by atomic mass is 35.5. The molecule has 3 rings (SSSR count). The number of pyridine rings is 1. The highest BCUT2D eigenvalue weighted by molar-refractivity contribution is 6.30. The van der Waals surface area contributed by atoms with E-state index < -0.39 is 12.1 Å². The predicted molar refractivity (Wildman–Crippen MR) is 104 cm³/mol. The monoisotopic (exact) mass is 385 g/mol.